The van der Waals surface area contributed by atoms with Gasteiger partial charge in [-0.1, -0.05) is 11.6 Å². The van der Waals surface area contributed by atoms with Gasteiger partial charge in [0.25, 0.3) is 5.91 Å². The van der Waals surface area contributed by atoms with E-state index in [1.54, 1.807) is 30.1 Å². The van der Waals surface area contributed by atoms with Gasteiger partial charge in [-0.15, -0.1) is 0 Å². The maximum atomic E-state index is 14.0. The number of pyridine rings is 1. The maximum absolute atomic E-state index is 14.0. The monoisotopic (exact) mass is 538 g/mol. The van der Waals surface area contributed by atoms with Crippen LogP contribution in [0, 0.1) is 5.82 Å². The van der Waals surface area contributed by atoms with Gasteiger partial charge >= 0.3 is 5.97 Å². The summed E-state index contributed by atoms with van der Waals surface area (Å²) >= 11 is 6.50. The van der Waals surface area contributed by atoms with Crippen LogP contribution >= 0.6 is 11.6 Å². The summed E-state index contributed by atoms with van der Waals surface area (Å²) in [5, 5.41) is 17.3. The first kappa shape index (κ1) is 25.4. The lowest BCUT2D eigenvalue weighted by Gasteiger charge is -2.36. The Labute approximate surface area is 222 Å². The highest BCUT2D eigenvalue weighted by molar-refractivity contribution is 6.33. The van der Waals surface area contributed by atoms with Crippen LogP contribution in [0.3, 0.4) is 0 Å². The number of fused-ring (bicyclic) bond motifs is 1. The molecular weight excluding hydrogens is 515 g/mol. The molecular formula is C26H24ClFN6O4. The van der Waals surface area contributed by atoms with E-state index < -0.39 is 17.8 Å². The number of methoxy groups -OCH3 is 1. The number of amides is 1. The Morgan fingerprint density at radius 2 is 2.11 bits per heavy atom. The minimum atomic E-state index is -1.19. The highest BCUT2D eigenvalue weighted by atomic mass is 35.5. The largest absolute Gasteiger partial charge is 0.478 e. The van der Waals surface area contributed by atoms with E-state index in [-0.39, 0.29) is 30.2 Å². The highest BCUT2D eigenvalue weighted by Crippen LogP contribution is 2.34. The van der Waals surface area contributed by atoms with Crippen LogP contribution in [0.2, 0.25) is 5.02 Å². The van der Waals surface area contributed by atoms with Crippen molar-refractivity contribution in [3.05, 3.63) is 82.6 Å². The summed E-state index contributed by atoms with van der Waals surface area (Å²) in [5.74, 6) is -0.806. The molecule has 0 saturated carbocycles. The minimum absolute atomic E-state index is 0.0611. The normalized spacial score (nSPS) is 15.0. The summed E-state index contributed by atoms with van der Waals surface area (Å²) in [5.41, 5.74) is 1.93. The van der Waals surface area contributed by atoms with Crippen molar-refractivity contribution in [2.75, 3.05) is 19.0 Å². The molecule has 4 aromatic rings. The van der Waals surface area contributed by atoms with Crippen molar-refractivity contribution in [1.29, 1.82) is 0 Å². The van der Waals surface area contributed by atoms with Gasteiger partial charge in [-0.3, -0.25) is 9.48 Å². The quantitative estimate of drug-likeness (QED) is 0.346. The molecule has 196 valence electrons. The fourth-order valence-electron chi connectivity index (χ4n) is 4.60. The van der Waals surface area contributed by atoms with Crippen LogP contribution in [-0.4, -0.2) is 61.0 Å². The van der Waals surface area contributed by atoms with Gasteiger partial charge in [0.1, 0.15) is 23.1 Å². The van der Waals surface area contributed by atoms with Crippen molar-refractivity contribution in [3.8, 4) is 11.1 Å². The molecule has 0 bridgehead atoms. The third kappa shape index (κ3) is 4.85. The predicted molar refractivity (Wildman–Crippen MR) is 138 cm³/mol. The fraction of sp³-hybridized carbons (Fsp3) is 0.231. The van der Waals surface area contributed by atoms with Crippen molar-refractivity contribution in [1.82, 2.24) is 24.2 Å². The van der Waals surface area contributed by atoms with E-state index in [2.05, 4.69) is 15.4 Å². The molecule has 1 atom stereocenters. The number of aryl methyl sites for hydroxylation is 1. The summed E-state index contributed by atoms with van der Waals surface area (Å²) in [4.78, 5) is 31.2. The molecule has 5 rings (SSSR count). The van der Waals surface area contributed by atoms with Crippen molar-refractivity contribution in [2.24, 2.45) is 7.05 Å². The van der Waals surface area contributed by atoms with Gasteiger partial charge in [-0.2, -0.15) is 5.10 Å². The van der Waals surface area contributed by atoms with Gasteiger partial charge in [0.2, 0.25) is 0 Å². The number of anilines is 2. The van der Waals surface area contributed by atoms with Crippen molar-refractivity contribution in [3.63, 3.8) is 0 Å². The summed E-state index contributed by atoms with van der Waals surface area (Å²) in [6, 6.07) is 8.37. The number of carbonyl (C=O) groups excluding carboxylic acids is 1. The molecule has 1 aliphatic heterocycles. The Bertz CT molecular complexity index is 1530. The smallest absolute Gasteiger partial charge is 0.336 e. The number of hydrogen-bond acceptors (Lipinski definition) is 6. The van der Waals surface area contributed by atoms with E-state index in [0.29, 0.717) is 34.2 Å². The van der Waals surface area contributed by atoms with E-state index in [1.807, 2.05) is 16.8 Å². The molecule has 0 spiro atoms. The van der Waals surface area contributed by atoms with Crippen LogP contribution in [0.1, 0.15) is 26.4 Å². The predicted octanol–water partition coefficient (Wildman–Crippen LogP) is 4.19. The second-order valence-corrected chi connectivity index (χ2v) is 9.34. The second kappa shape index (κ2) is 10.3. The number of carboxylic acid groups (broad SMARTS) is 1. The lowest BCUT2D eigenvalue weighted by atomic mass is 10.0. The lowest BCUT2D eigenvalue weighted by Crippen LogP contribution is -2.49. The molecule has 1 aliphatic rings. The molecule has 10 nitrogen and oxygen atoms in total. The first-order chi connectivity index (χ1) is 18.2. The number of aromatic carboxylic acids is 1. The van der Waals surface area contributed by atoms with Gasteiger partial charge in [0.05, 0.1) is 29.4 Å². The van der Waals surface area contributed by atoms with E-state index >= 15 is 0 Å². The molecule has 0 aliphatic carbocycles. The summed E-state index contributed by atoms with van der Waals surface area (Å²) < 4.78 is 22.9. The molecule has 2 N–H and O–H groups in total. The van der Waals surface area contributed by atoms with Crippen LogP contribution in [-0.2, 0) is 24.9 Å². The number of carboxylic acids is 1. The minimum Gasteiger partial charge on any atom is -0.478 e. The number of benzene rings is 1. The third-order valence-corrected chi connectivity index (χ3v) is 6.77. The van der Waals surface area contributed by atoms with E-state index in [9.17, 15) is 19.1 Å². The molecule has 0 unspecified atom stereocenters. The number of nitrogens with zero attached hydrogens (tertiary/aromatic N) is 5. The zero-order valence-electron chi connectivity index (χ0n) is 20.6. The topological polar surface area (TPSA) is 115 Å². The molecule has 1 aromatic carbocycles. The SMILES string of the molecule is COC[C@H]1Cn2cc(-c3cc(Nc4ccnn4C)ncc3Cl)cc2C(=O)N1Cc1cc(F)ccc1C(=O)O. The Morgan fingerprint density at radius 3 is 2.82 bits per heavy atom. The zero-order chi connectivity index (χ0) is 27.0. The van der Waals surface area contributed by atoms with Crippen LogP contribution in [0.4, 0.5) is 16.0 Å². The van der Waals surface area contributed by atoms with Gasteiger partial charge in [-0.05, 0) is 35.9 Å². The summed E-state index contributed by atoms with van der Waals surface area (Å²) in [6.07, 6.45) is 5.04. The second-order valence-electron chi connectivity index (χ2n) is 8.93. The number of hydrogen-bond donors (Lipinski definition) is 2. The number of rotatable bonds is 8. The molecule has 1 amide bonds. The molecule has 12 heteroatoms. The average Bonchev–Trinajstić information content (AvgIpc) is 3.49. The average molecular weight is 539 g/mol. The Morgan fingerprint density at radius 1 is 1.29 bits per heavy atom. The van der Waals surface area contributed by atoms with E-state index in [4.69, 9.17) is 16.3 Å². The Balaban J connectivity index is 1.48. The molecule has 0 saturated heterocycles. The highest BCUT2D eigenvalue weighted by Gasteiger charge is 2.34. The zero-order valence-corrected chi connectivity index (χ0v) is 21.3. The molecule has 38 heavy (non-hydrogen) atoms. The number of carbonyl (C=O) groups is 2. The summed E-state index contributed by atoms with van der Waals surface area (Å²) in [7, 11) is 3.33. The van der Waals surface area contributed by atoms with Crippen LogP contribution in [0.15, 0.2) is 55.0 Å². The Kier molecular flexibility index (Phi) is 6.87. The maximum Gasteiger partial charge on any atom is 0.336 e. The standard InChI is InChI=1S/C26H24ClFN6O4/c1-32-24(5-6-30-32)31-23-9-20(21(27)10-29-23)16-8-22-25(35)34(18(14-38-2)13-33(22)11-16)12-15-7-17(28)3-4-19(15)26(36)37/h3-11,18H,12-14H2,1-2H3,(H,29,31)(H,36,37)/t18-/m1/s1. The van der Waals surface area contributed by atoms with Crippen LogP contribution in [0.5, 0.6) is 0 Å². The molecule has 0 fully saturated rings. The van der Waals surface area contributed by atoms with Crippen LogP contribution < -0.4 is 5.32 Å². The number of nitrogens with one attached hydrogen (secondary N) is 1. The summed E-state index contributed by atoms with van der Waals surface area (Å²) in [6.45, 7) is 0.530. The van der Waals surface area contributed by atoms with Crippen LogP contribution in [0.25, 0.3) is 11.1 Å². The Hall–Kier alpha value is -4.22. The first-order valence-electron chi connectivity index (χ1n) is 11.7. The molecule has 0 radical (unpaired) electrons. The number of aromatic nitrogens is 4. The molecule has 3 aromatic heterocycles. The van der Waals surface area contributed by atoms with E-state index in [0.717, 1.165) is 18.0 Å². The first-order valence-corrected chi connectivity index (χ1v) is 12.1. The lowest BCUT2D eigenvalue weighted by molar-refractivity contribution is 0.0384. The van der Waals surface area contributed by atoms with Gasteiger partial charge < -0.3 is 24.6 Å². The van der Waals surface area contributed by atoms with Crippen molar-refractivity contribution >= 4 is 35.1 Å². The van der Waals surface area contributed by atoms with E-state index in [1.165, 1.54) is 24.3 Å². The van der Waals surface area contributed by atoms with Gasteiger partial charge in [0.15, 0.2) is 0 Å². The van der Waals surface area contributed by atoms with Crippen molar-refractivity contribution < 1.29 is 23.8 Å². The third-order valence-electron chi connectivity index (χ3n) is 6.47. The van der Waals surface area contributed by atoms with Gasteiger partial charge in [0, 0.05) is 56.8 Å². The van der Waals surface area contributed by atoms with Gasteiger partial charge in [-0.25, -0.2) is 14.2 Å². The number of halogens is 2. The molecule has 4 heterocycles. The fourth-order valence-corrected chi connectivity index (χ4v) is 4.82. The number of ether oxygens (including phenoxy) is 1. The van der Waals surface area contributed by atoms with Crippen molar-refractivity contribution in [2.45, 2.75) is 19.1 Å².